The van der Waals surface area contributed by atoms with Crippen LogP contribution in [-0.4, -0.2) is 19.6 Å². The quantitative estimate of drug-likeness (QED) is 0.463. The molecule has 0 aromatic heterocycles. The third-order valence-corrected chi connectivity index (χ3v) is 2.89. The van der Waals surface area contributed by atoms with Crippen molar-refractivity contribution < 1.29 is 0 Å². The molecule has 0 bridgehead atoms. The number of rotatable bonds is 11. The molecule has 0 atom stereocenters. The second kappa shape index (κ2) is 11.0. The van der Waals surface area contributed by atoms with Crippen molar-refractivity contribution in [1.82, 2.24) is 10.6 Å². The minimum atomic E-state index is 0.972. The van der Waals surface area contributed by atoms with Crippen molar-refractivity contribution in [1.29, 1.82) is 0 Å². The Morgan fingerprint density at radius 2 is 1.61 bits per heavy atom. The first kappa shape index (κ1) is 14.9. The molecule has 0 fully saturated rings. The van der Waals surface area contributed by atoms with Crippen molar-refractivity contribution in [2.75, 3.05) is 19.6 Å². The lowest BCUT2D eigenvalue weighted by Gasteiger charge is -2.06. The van der Waals surface area contributed by atoms with E-state index in [1.165, 1.54) is 24.8 Å². The molecule has 2 N–H and O–H groups in total. The van der Waals surface area contributed by atoms with E-state index in [0.29, 0.717) is 0 Å². The molecule has 0 radical (unpaired) electrons. The van der Waals surface area contributed by atoms with Crippen LogP contribution in [0.25, 0.3) is 0 Å². The van der Waals surface area contributed by atoms with Gasteiger partial charge in [-0.05, 0) is 50.9 Å². The van der Waals surface area contributed by atoms with Crippen molar-refractivity contribution in [3.63, 3.8) is 0 Å². The van der Waals surface area contributed by atoms with Crippen molar-refractivity contribution in [3.8, 4) is 0 Å². The molecule has 1 rings (SSSR count). The standard InChI is InChI=1S/C16H26N2/c1-2-3-4-8-12-17-13-9-14-18-15-16-10-6-5-7-11-16/h2,5-7,10-11,17-18H,1,3-4,8-9,12-15H2. The van der Waals surface area contributed by atoms with Gasteiger partial charge in [0.2, 0.25) is 0 Å². The number of hydrogen-bond donors (Lipinski definition) is 2. The Kier molecular flexibility index (Phi) is 9.13. The summed E-state index contributed by atoms with van der Waals surface area (Å²) in [6.07, 6.45) is 6.83. The fourth-order valence-electron chi connectivity index (χ4n) is 1.83. The summed E-state index contributed by atoms with van der Waals surface area (Å²) in [6.45, 7) is 8.01. The summed E-state index contributed by atoms with van der Waals surface area (Å²) in [6, 6.07) is 10.5. The highest BCUT2D eigenvalue weighted by Gasteiger charge is 1.91. The van der Waals surface area contributed by atoms with E-state index in [2.05, 4.69) is 47.5 Å². The zero-order valence-corrected chi connectivity index (χ0v) is 11.3. The molecule has 2 heteroatoms. The van der Waals surface area contributed by atoms with E-state index in [-0.39, 0.29) is 0 Å². The average molecular weight is 246 g/mol. The van der Waals surface area contributed by atoms with Gasteiger partial charge in [-0.1, -0.05) is 36.4 Å². The van der Waals surface area contributed by atoms with Crippen LogP contribution in [0.2, 0.25) is 0 Å². The van der Waals surface area contributed by atoms with Crippen molar-refractivity contribution in [2.24, 2.45) is 0 Å². The highest BCUT2D eigenvalue weighted by Crippen LogP contribution is 1.97. The minimum absolute atomic E-state index is 0.972. The topological polar surface area (TPSA) is 24.1 Å². The molecule has 0 saturated carbocycles. The van der Waals surface area contributed by atoms with E-state index in [1.807, 2.05) is 6.08 Å². The summed E-state index contributed by atoms with van der Waals surface area (Å²) in [7, 11) is 0. The normalized spacial score (nSPS) is 10.4. The molecule has 2 nitrogen and oxygen atoms in total. The maximum absolute atomic E-state index is 3.72. The molecule has 0 aliphatic heterocycles. The third kappa shape index (κ3) is 8.04. The van der Waals surface area contributed by atoms with E-state index < -0.39 is 0 Å². The fourth-order valence-corrected chi connectivity index (χ4v) is 1.83. The fraction of sp³-hybridized carbons (Fsp3) is 0.500. The Morgan fingerprint density at radius 3 is 2.39 bits per heavy atom. The third-order valence-electron chi connectivity index (χ3n) is 2.89. The van der Waals surface area contributed by atoms with Crippen LogP contribution in [-0.2, 0) is 6.54 Å². The lowest BCUT2D eigenvalue weighted by Crippen LogP contribution is -2.22. The number of unbranched alkanes of at least 4 members (excludes halogenated alkanes) is 2. The van der Waals surface area contributed by atoms with Crippen LogP contribution in [0.1, 0.15) is 31.2 Å². The molecule has 18 heavy (non-hydrogen) atoms. The van der Waals surface area contributed by atoms with Gasteiger partial charge in [0.1, 0.15) is 0 Å². The zero-order chi connectivity index (χ0) is 12.9. The summed E-state index contributed by atoms with van der Waals surface area (Å²) in [5, 5.41) is 6.93. The molecule has 0 amide bonds. The SMILES string of the molecule is C=CCCCCNCCCNCc1ccccc1. The van der Waals surface area contributed by atoms with Crippen molar-refractivity contribution >= 4 is 0 Å². The molecule has 0 saturated heterocycles. The summed E-state index contributed by atoms with van der Waals surface area (Å²) >= 11 is 0. The van der Waals surface area contributed by atoms with E-state index in [9.17, 15) is 0 Å². The number of nitrogens with one attached hydrogen (secondary N) is 2. The molecule has 0 unspecified atom stereocenters. The second-order valence-electron chi connectivity index (χ2n) is 4.55. The smallest absolute Gasteiger partial charge is 0.0205 e. The van der Waals surface area contributed by atoms with Gasteiger partial charge < -0.3 is 10.6 Å². The molecule has 0 heterocycles. The van der Waals surface area contributed by atoms with Gasteiger partial charge in [0.25, 0.3) is 0 Å². The monoisotopic (exact) mass is 246 g/mol. The summed E-state index contributed by atoms with van der Waals surface area (Å²) in [5.74, 6) is 0. The molecule has 0 aliphatic carbocycles. The molecular weight excluding hydrogens is 220 g/mol. The molecular formula is C16H26N2. The Hall–Kier alpha value is -1.12. The predicted molar refractivity (Wildman–Crippen MR) is 79.7 cm³/mol. The highest BCUT2D eigenvalue weighted by molar-refractivity contribution is 5.14. The maximum atomic E-state index is 3.72. The zero-order valence-electron chi connectivity index (χ0n) is 11.3. The van der Waals surface area contributed by atoms with Crippen LogP contribution < -0.4 is 10.6 Å². The molecule has 0 spiro atoms. The van der Waals surface area contributed by atoms with Crippen LogP contribution in [0, 0.1) is 0 Å². The van der Waals surface area contributed by atoms with Gasteiger partial charge in [-0.25, -0.2) is 0 Å². The summed E-state index contributed by atoms with van der Waals surface area (Å²) < 4.78 is 0. The Morgan fingerprint density at radius 1 is 0.889 bits per heavy atom. The Balaban J connectivity index is 1.83. The average Bonchev–Trinajstić information content (AvgIpc) is 2.42. The van der Waals surface area contributed by atoms with Crippen LogP contribution in [0.3, 0.4) is 0 Å². The molecule has 1 aromatic carbocycles. The molecule has 0 aliphatic rings. The van der Waals surface area contributed by atoms with Crippen LogP contribution in [0.15, 0.2) is 43.0 Å². The highest BCUT2D eigenvalue weighted by atomic mass is 14.9. The summed E-state index contributed by atoms with van der Waals surface area (Å²) in [5.41, 5.74) is 1.36. The first-order valence-corrected chi connectivity index (χ1v) is 6.99. The van der Waals surface area contributed by atoms with Gasteiger partial charge in [0, 0.05) is 6.54 Å². The van der Waals surface area contributed by atoms with Crippen LogP contribution in [0.5, 0.6) is 0 Å². The molecule has 1 aromatic rings. The van der Waals surface area contributed by atoms with Gasteiger partial charge in [-0.3, -0.25) is 0 Å². The maximum Gasteiger partial charge on any atom is 0.0205 e. The van der Waals surface area contributed by atoms with Gasteiger partial charge in [-0.2, -0.15) is 0 Å². The first-order valence-electron chi connectivity index (χ1n) is 6.99. The Bertz CT molecular complexity index is 295. The lowest BCUT2D eigenvalue weighted by molar-refractivity contribution is 0.576. The van der Waals surface area contributed by atoms with E-state index >= 15 is 0 Å². The minimum Gasteiger partial charge on any atom is -0.317 e. The number of benzene rings is 1. The first-order chi connectivity index (χ1) is 8.93. The predicted octanol–water partition coefficient (Wildman–Crippen LogP) is 3.11. The van der Waals surface area contributed by atoms with Crippen LogP contribution in [0.4, 0.5) is 0 Å². The van der Waals surface area contributed by atoms with E-state index in [4.69, 9.17) is 0 Å². The molecule has 100 valence electrons. The largest absolute Gasteiger partial charge is 0.317 e. The van der Waals surface area contributed by atoms with Crippen LogP contribution >= 0.6 is 0 Å². The van der Waals surface area contributed by atoms with Crippen molar-refractivity contribution in [3.05, 3.63) is 48.6 Å². The van der Waals surface area contributed by atoms with Gasteiger partial charge in [0.15, 0.2) is 0 Å². The van der Waals surface area contributed by atoms with Gasteiger partial charge in [-0.15, -0.1) is 6.58 Å². The lowest BCUT2D eigenvalue weighted by atomic mass is 10.2. The number of hydrogen-bond acceptors (Lipinski definition) is 2. The van der Waals surface area contributed by atoms with E-state index in [0.717, 1.165) is 32.6 Å². The van der Waals surface area contributed by atoms with Crippen molar-refractivity contribution in [2.45, 2.75) is 32.2 Å². The Labute approximate surface area is 111 Å². The van der Waals surface area contributed by atoms with Gasteiger partial charge >= 0.3 is 0 Å². The second-order valence-corrected chi connectivity index (χ2v) is 4.55. The number of allylic oxidation sites excluding steroid dienone is 1. The summed E-state index contributed by atoms with van der Waals surface area (Å²) in [4.78, 5) is 0. The van der Waals surface area contributed by atoms with Gasteiger partial charge in [0.05, 0.1) is 0 Å². The van der Waals surface area contributed by atoms with E-state index in [1.54, 1.807) is 0 Å².